The summed E-state index contributed by atoms with van der Waals surface area (Å²) in [6, 6.07) is 9.97. The summed E-state index contributed by atoms with van der Waals surface area (Å²) >= 11 is 0. The van der Waals surface area contributed by atoms with Gasteiger partial charge in [0.05, 0.1) is 12.7 Å². The van der Waals surface area contributed by atoms with Crippen molar-refractivity contribution in [1.29, 1.82) is 0 Å². The predicted octanol–water partition coefficient (Wildman–Crippen LogP) is 2.58. The Hall–Kier alpha value is -2.40. The summed E-state index contributed by atoms with van der Waals surface area (Å²) in [5.74, 6) is 0.842. The summed E-state index contributed by atoms with van der Waals surface area (Å²) in [7, 11) is 3.53. The molecule has 0 radical (unpaired) electrons. The topological polar surface area (TPSA) is 54.5 Å². The van der Waals surface area contributed by atoms with E-state index in [4.69, 9.17) is 4.74 Å². The molecule has 126 valence electrons. The van der Waals surface area contributed by atoms with Crippen LogP contribution in [0.2, 0.25) is 0 Å². The number of methoxy groups -OCH3 is 1. The maximum atomic E-state index is 12.8. The molecule has 5 heteroatoms. The quantitative estimate of drug-likeness (QED) is 0.939. The normalized spacial score (nSPS) is 15.1. The average molecular weight is 325 g/mol. The third-order valence-corrected chi connectivity index (χ3v) is 4.59. The molecule has 5 nitrogen and oxygen atoms in total. The fourth-order valence-corrected chi connectivity index (χ4v) is 3.06. The van der Waals surface area contributed by atoms with Crippen LogP contribution in [0.1, 0.15) is 23.2 Å². The van der Waals surface area contributed by atoms with Crippen molar-refractivity contribution >= 4 is 5.91 Å². The monoisotopic (exact) mass is 325 g/mol. The Bertz CT molecular complexity index is 694. The lowest BCUT2D eigenvalue weighted by molar-refractivity contribution is 0.0703. The molecule has 24 heavy (non-hydrogen) atoms. The Morgan fingerprint density at radius 3 is 2.54 bits per heavy atom. The van der Waals surface area contributed by atoms with E-state index in [-0.39, 0.29) is 5.91 Å². The number of amides is 1. The van der Waals surface area contributed by atoms with E-state index >= 15 is 0 Å². The van der Waals surface area contributed by atoms with Gasteiger partial charge in [-0.25, -0.2) is 0 Å². The molecule has 0 unspecified atom stereocenters. The Morgan fingerprint density at radius 2 is 1.88 bits per heavy atom. The molecule has 0 spiro atoms. The van der Waals surface area contributed by atoms with Crippen LogP contribution in [0.25, 0.3) is 11.1 Å². The number of carbonyl (C=O) groups is 1. The first kappa shape index (κ1) is 16.5. The lowest BCUT2D eigenvalue weighted by Crippen LogP contribution is -2.44. The highest BCUT2D eigenvalue weighted by molar-refractivity contribution is 5.95. The van der Waals surface area contributed by atoms with Crippen molar-refractivity contribution in [2.75, 3.05) is 27.2 Å². The molecule has 1 aromatic heterocycles. The second kappa shape index (κ2) is 7.45. The lowest BCUT2D eigenvalue weighted by Gasteiger charge is -2.31. The lowest BCUT2D eigenvalue weighted by atomic mass is 10.0. The second-order valence-electron chi connectivity index (χ2n) is 6.09. The van der Waals surface area contributed by atoms with Crippen LogP contribution in [0.15, 0.2) is 42.7 Å². The highest BCUT2D eigenvalue weighted by atomic mass is 16.5. The van der Waals surface area contributed by atoms with Crippen LogP contribution in [0, 0.1) is 0 Å². The molecule has 0 atom stereocenters. The van der Waals surface area contributed by atoms with Crippen LogP contribution in [0.3, 0.4) is 0 Å². The number of nitrogens with zero attached hydrogens (tertiary/aromatic N) is 2. The first-order valence-corrected chi connectivity index (χ1v) is 8.26. The predicted molar refractivity (Wildman–Crippen MR) is 94.2 cm³/mol. The van der Waals surface area contributed by atoms with E-state index in [1.165, 1.54) is 0 Å². The highest BCUT2D eigenvalue weighted by Gasteiger charge is 2.23. The number of pyridine rings is 1. The zero-order valence-corrected chi connectivity index (χ0v) is 14.2. The van der Waals surface area contributed by atoms with Crippen molar-refractivity contribution in [3.05, 3.63) is 48.3 Å². The highest BCUT2D eigenvalue weighted by Crippen LogP contribution is 2.23. The molecule has 0 saturated carbocycles. The van der Waals surface area contributed by atoms with Gasteiger partial charge in [-0.3, -0.25) is 9.78 Å². The second-order valence-corrected chi connectivity index (χ2v) is 6.09. The molecule has 3 rings (SSSR count). The minimum absolute atomic E-state index is 0.0322. The van der Waals surface area contributed by atoms with E-state index in [1.54, 1.807) is 19.5 Å². The number of nitrogens with one attached hydrogen (secondary N) is 1. The zero-order valence-electron chi connectivity index (χ0n) is 14.2. The van der Waals surface area contributed by atoms with E-state index in [9.17, 15) is 4.79 Å². The van der Waals surface area contributed by atoms with Crippen molar-refractivity contribution < 1.29 is 9.53 Å². The van der Waals surface area contributed by atoms with Crippen LogP contribution < -0.4 is 10.1 Å². The third-order valence-electron chi connectivity index (χ3n) is 4.59. The summed E-state index contributed by atoms with van der Waals surface area (Å²) < 4.78 is 5.18. The number of benzene rings is 1. The molecule has 1 aromatic carbocycles. The van der Waals surface area contributed by atoms with Gasteiger partial charge in [0.15, 0.2) is 0 Å². The molecule has 1 aliphatic heterocycles. The molecule has 0 bridgehead atoms. The van der Waals surface area contributed by atoms with Gasteiger partial charge in [-0.2, -0.15) is 0 Å². The smallest absolute Gasteiger partial charge is 0.255 e. The van der Waals surface area contributed by atoms with Crippen LogP contribution in [-0.2, 0) is 0 Å². The third kappa shape index (κ3) is 3.57. The number of hydrogen-bond acceptors (Lipinski definition) is 4. The maximum absolute atomic E-state index is 12.8. The molecule has 1 saturated heterocycles. The molecule has 2 aromatic rings. The van der Waals surface area contributed by atoms with Crippen LogP contribution in [0.4, 0.5) is 0 Å². The first-order valence-electron chi connectivity index (χ1n) is 8.26. The fraction of sp³-hybridized carbons (Fsp3) is 0.368. The molecule has 2 heterocycles. The number of hydrogen-bond donors (Lipinski definition) is 1. The largest absolute Gasteiger partial charge is 0.497 e. The van der Waals surface area contributed by atoms with E-state index in [1.807, 2.05) is 42.3 Å². The summed E-state index contributed by atoms with van der Waals surface area (Å²) in [4.78, 5) is 18.9. The van der Waals surface area contributed by atoms with E-state index in [0.29, 0.717) is 11.6 Å². The van der Waals surface area contributed by atoms with Gasteiger partial charge < -0.3 is 15.0 Å². The summed E-state index contributed by atoms with van der Waals surface area (Å²) in [6.45, 7) is 1.93. The molecule has 0 aliphatic carbocycles. The first-order chi connectivity index (χ1) is 11.7. The SMILES string of the molecule is COc1ccc(-c2cncc(C(=O)N(C)C3CCNCC3)c2)cc1. The minimum Gasteiger partial charge on any atom is -0.497 e. The maximum Gasteiger partial charge on any atom is 0.255 e. The van der Waals surface area contributed by atoms with Crippen LogP contribution in [0.5, 0.6) is 5.75 Å². The van der Waals surface area contributed by atoms with Crippen molar-refractivity contribution in [3.63, 3.8) is 0 Å². The number of piperidine rings is 1. The van der Waals surface area contributed by atoms with Gasteiger partial charge >= 0.3 is 0 Å². The number of carbonyl (C=O) groups excluding carboxylic acids is 1. The van der Waals surface area contributed by atoms with Gasteiger partial charge in [0.2, 0.25) is 0 Å². The van der Waals surface area contributed by atoms with Gasteiger partial charge in [-0.05, 0) is 49.7 Å². The van der Waals surface area contributed by atoms with E-state index < -0.39 is 0 Å². The van der Waals surface area contributed by atoms with Crippen molar-refractivity contribution in [3.8, 4) is 16.9 Å². The number of rotatable bonds is 4. The van der Waals surface area contributed by atoms with Crippen molar-refractivity contribution in [2.45, 2.75) is 18.9 Å². The fourth-order valence-electron chi connectivity index (χ4n) is 3.06. The number of aromatic nitrogens is 1. The number of ether oxygens (including phenoxy) is 1. The molecule has 1 N–H and O–H groups in total. The molecular formula is C19H23N3O2. The Labute approximate surface area is 142 Å². The van der Waals surface area contributed by atoms with Crippen LogP contribution >= 0.6 is 0 Å². The summed E-state index contributed by atoms with van der Waals surface area (Å²) in [5.41, 5.74) is 2.58. The van der Waals surface area contributed by atoms with E-state index in [0.717, 1.165) is 42.8 Å². The molecular weight excluding hydrogens is 302 g/mol. The van der Waals surface area contributed by atoms with Gasteiger partial charge in [0.25, 0.3) is 5.91 Å². The van der Waals surface area contributed by atoms with Gasteiger partial charge in [0, 0.05) is 31.0 Å². The van der Waals surface area contributed by atoms with Crippen molar-refractivity contribution in [1.82, 2.24) is 15.2 Å². The minimum atomic E-state index is 0.0322. The summed E-state index contributed by atoms with van der Waals surface area (Å²) in [6.07, 6.45) is 5.41. The molecule has 1 aliphatic rings. The van der Waals surface area contributed by atoms with Gasteiger partial charge in [0.1, 0.15) is 5.75 Å². The van der Waals surface area contributed by atoms with Gasteiger partial charge in [-0.1, -0.05) is 12.1 Å². The van der Waals surface area contributed by atoms with E-state index in [2.05, 4.69) is 10.3 Å². The summed E-state index contributed by atoms with van der Waals surface area (Å²) in [5, 5.41) is 3.33. The van der Waals surface area contributed by atoms with Crippen molar-refractivity contribution in [2.24, 2.45) is 0 Å². The van der Waals surface area contributed by atoms with Crippen LogP contribution in [-0.4, -0.2) is 49.1 Å². The molecule has 1 amide bonds. The molecule has 1 fully saturated rings. The Kier molecular flexibility index (Phi) is 5.11. The standard InChI is InChI=1S/C19H23N3O2/c1-22(17-7-9-20-10-8-17)19(23)16-11-15(12-21-13-16)14-3-5-18(24-2)6-4-14/h3-6,11-13,17,20H,7-10H2,1-2H3. The average Bonchev–Trinajstić information content (AvgIpc) is 2.67. The Morgan fingerprint density at radius 1 is 1.17 bits per heavy atom. The Balaban J connectivity index is 1.79. The zero-order chi connectivity index (χ0) is 16.9. The van der Waals surface area contributed by atoms with Gasteiger partial charge in [-0.15, -0.1) is 0 Å².